The molecule has 0 aromatic carbocycles. The number of hydrogen-bond acceptors (Lipinski definition) is 7. The molecule has 1 fully saturated rings. The Morgan fingerprint density at radius 1 is 1.02 bits per heavy atom. The van der Waals surface area contributed by atoms with Crippen molar-refractivity contribution in [2.45, 2.75) is 36.8 Å². The smallest absolute Gasteiger partial charge is 0.393 e. The number of nitrogens with zero attached hydrogens (tertiary/aromatic N) is 4. The molecule has 0 unspecified atom stereocenters. The lowest BCUT2D eigenvalue weighted by molar-refractivity contribution is -0.255. The van der Waals surface area contributed by atoms with Gasteiger partial charge in [0.05, 0.1) is 23.8 Å². The molecule has 41 heavy (non-hydrogen) atoms. The number of rotatable bonds is 5. The molecule has 1 amide bonds. The van der Waals surface area contributed by atoms with Crippen LogP contribution in [-0.4, -0.2) is 74.3 Å². The molecule has 3 aromatic heterocycles. The van der Waals surface area contributed by atoms with Crippen LogP contribution in [0, 0.1) is 17.5 Å². The first kappa shape index (κ1) is 30.0. The quantitative estimate of drug-likeness (QED) is 0.386. The van der Waals surface area contributed by atoms with Crippen LogP contribution in [0.2, 0.25) is 0 Å². The standard InChI is InChI=1S/C23H18F9N5O4/c24-10-5-13(25)17(33-7-10)37-8-12(19(40)35-20(22(27,28)29)23(30,31)32)15(39)11-6-14(26)18(34-16(11)37)36-3-1-21(41,9-38)2-4-36/h5-8,20,38,41H,1-4,9H2,(H,35,40). The fourth-order valence-electron chi connectivity index (χ4n) is 4.19. The van der Waals surface area contributed by atoms with Gasteiger partial charge in [0.15, 0.2) is 28.9 Å². The summed E-state index contributed by atoms with van der Waals surface area (Å²) in [6.07, 6.45) is -11.3. The van der Waals surface area contributed by atoms with Crippen molar-refractivity contribution in [2.75, 3.05) is 24.6 Å². The van der Waals surface area contributed by atoms with Gasteiger partial charge in [-0.15, -0.1) is 0 Å². The van der Waals surface area contributed by atoms with Gasteiger partial charge in [0, 0.05) is 25.4 Å². The van der Waals surface area contributed by atoms with Crippen LogP contribution < -0.4 is 15.6 Å². The summed E-state index contributed by atoms with van der Waals surface area (Å²) in [6, 6.07) is -3.59. The average Bonchev–Trinajstić information content (AvgIpc) is 2.87. The molecule has 3 N–H and O–H groups in total. The van der Waals surface area contributed by atoms with Crippen molar-refractivity contribution in [3.63, 3.8) is 0 Å². The van der Waals surface area contributed by atoms with Crippen LogP contribution in [0.25, 0.3) is 16.9 Å². The number of hydrogen-bond donors (Lipinski definition) is 3. The summed E-state index contributed by atoms with van der Waals surface area (Å²) in [5, 5.41) is 19.4. The predicted molar refractivity (Wildman–Crippen MR) is 122 cm³/mol. The third-order valence-electron chi connectivity index (χ3n) is 6.39. The number of pyridine rings is 3. The van der Waals surface area contributed by atoms with E-state index in [-0.39, 0.29) is 25.9 Å². The first-order chi connectivity index (χ1) is 18.9. The molecule has 0 atom stereocenters. The molecule has 0 bridgehead atoms. The molecular weight excluding hydrogens is 581 g/mol. The SMILES string of the molecule is O=C(NC(C(F)(F)F)C(F)(F)F)c1cn(-c2ncc(F)cc2F)c2nc(N3CCC(O)(CO)CC3)c(F)cc2c1=O. The zero-order chi connectivity index (χ0) is 30.5. The summed E-state index contributed by atoms with van der Waals surface area (Å²) in [6.45, 7) is -0.703. The van der Waals surface area contributed by atoms with E-state index in [1.165, 1.54) is 4.90 Å². The number of fused-ring (bicyclic) bond motifs is 1. The summed E-state index contributed by atoms with van der Waals surface area (Å²) in [5.41, 5.74) is -5.03. The minimum absolute atomic E-state index is 0.0394. The molecule has 0 spiro atoms. The number of aliphatic hydroxyl groups excluding tert-OH is 1. The van der Waals surface area contributed by atoms with E-state index < -0.39 is 87.6 Å². The second-order valence-corrected chi connectivity index (χ2v) is 9.23. The van der Waals surface area contributed by atoms with Crippen molar-refractivity contribution in [3.05, 3.63) is 57.8 Å². The number of anilines is 1. The Kier molecular flexibility index (Phi) is 7.68. The third-order valence-corrected chi connectivity index (χ3v) is 6.39. The van der Waals surface area contributed by atoms with Gasteiger partial charge in [-0.1, -0.05) is 0 Å². The van der Waals surface area contributed by atoms with Crippen LogP contribution in [0.5, 0.6) is 0 Å². The molecule has 0 saturated carbocycles. The highest BCUT2D eigenvalue weighted by molar-refractivity contribution is 5.97. The van der Waals surface area contributed by atoms with Crippen LogP contribution in [0.3, 0.4) is 0 Å². The van der Waals surface area contributed by atoms with Crippen molar-refractivity contribution in [1.82, 2.24) is 19.9 Å². The summed E-state index contributed by atoms with van der Waals surface area (Å²) >= 11 is 0. The normalized spacial score (nSPS) is 16.0. The number of piperidine rings is 1. The number of amides is 1. The predicted octanol–water partition coefficient (Wildman–Crippen LogP) is 2.74. The molecule has 1 aliphatic heterocycles. The van der Waals surface area contributed by atoms with E-state index in [1.54, 1.807) is 0 Å². The number of carbonyl (C=O) groups excluding carboxylic acids is 1. The van der Waals surface area contributed by atoms with Gasteiger partial charge in [0.25, 0.3) is 5.91 Å². The van der Waals surface area contributed by atoms with Gasteiger partial charge in [-0.2, -0.15) is 26.3 Å². The van der Waals surface area contributed by atoms with E-state index in [0.29, 0.717) is 34.4 Å². The van der Waals surface area contributed by atoms with Gasteiger partial charge in [0.1, 0.15) is 11.4 Å². The maximum Gasteiger partial charge on any atom is 0.417 e. The first-order valence-corrected chi connectivity index (χ1v) is 11.5. The van der Waals surface area contributed by atoms with E-state index in [0.717, 1.165) is 0 Å². The molecule has 1 saturated heterocycles. The molecule has 9 nitrogen and oxygen atoms in total. The highest BCUT2D eigenvalue weighted by Crippen LogP contribution is 2.34. The Bertz CT molecular complexity index is 1540. The van der Waals surface area contributed by atoms with Crippen molar-refractivity contribution in [3.8, 4) is 5.82 Å². The zero-order valence-electron chi connectivity index (χ0n) is 20.3. The minimum atomic E-state index is -6.02. The Labute approximate surface area is 222 Å². The lowest BCUT2D eigenvalue weighted by Crippen LogP contribution is -2.55. The fourth-order valence-corrected chi connectivity index (χ4v) is 4.19. The number of carbonyl (C=O) groups is 1. The average molecular weight is 599 g/mol. The highest BCUT2D eigenvalue weighted by atomic mass is 19.4. The largest absolute Gasteiger partial charge is 0.417 e. The Morgan fingerprint density at radius 3 is 2.15 bits per heavy atom. The number of alkyl halides is 6. The highest BCUT2D eigenvalue weighted by Gasteiger charge is 2.57. The molecule has 1 aliphatic rings. The number of nitrogens with one attached hydrogen (secondary N) is 1. The maximum absolute atomic E-state index is 15.2. The summed E-state index contributed by atoms with van der Waals surface area (Å²) in [7, 11) is 0. The van der Waals surface area contributed by atoms with Gasteiger partial charge in [0.2, 0.25) is 11.5 Å². The summed E-state index contributed by atoms with van der Waals surface area (Å²) in [5.74, 6) is -7.37. The Balaban J connectivity index is 1.91. The van der Waals surface area contributed by atoms with Crippen LogP contribution in [-0.2, 0) is 0 Å². The van der Waals surface area contributed by atoms with Crippen molar-refractivity contribution < 1.29 is 54.5 Å². The van der Waals surface area contributed by atoms with Gasteiger partial charge < -0.3 is 20.4 Å². The molecular formula is C23H18F9N5O4. The number of aliphatic hydroxyl groups is 2. The van der Waals surface area contributed by atoms with Crippen LogP contribution in [0.15, 0.2) is 29.3 Å². The second kappa shape index (κ2) is 10.5. The Morgan fingerprint density at radius 2 is 1.61 bits per heavy atom. The monoisotopic (exact) mass is 599 g/mol. The minimum Gasteiger partial charge on any atom is -0.393 e. The first-order valence-electron chi connectivity index (χ1n) is 11.5. The zero-order valence-corrected chi connectivity index (χ0v) is 20.3. The van der Waals surface area contributed by atoms with Crippen LogP contribution >= 0.6 is 0 Å². The summed E-state index contributed by atoms with van der Waals surface area (Å²) < 4.78 is 122. The van der Waals surface area contributed by atoms with E-state index in [9.17, 15) is 54.9 Å². The lowest BCUT2D eigenvalue weighted by atomic mass is 9.92. The van der Waals surface area contributed by atoms with Crippen LogP contribution in [0.1, 0.15) is 23.2 Å². The van der Waals surface area contributed by atoms with Crippen molar-refractivity contribution in [2.24, 2.45) is 0 Å². The molecule has 18 heteroatoms. The van der Waals surface area contributed by atoms with E-state index in [4.69, 9.17) is 0 Å². The van der Waals surface area contributed by atoms with Gasteiger partial charge in [-0.3, -0.25) is 14.2 Å². The van der Waals surface area contributed by atoms with Gasteiger partial charge >= 0.3 is 12.4 Å². The molecule has 3 aromatic rings. The van der Waals surface area contributed by atoms with Crippen molar-refractivity contribution in [1.29, 1.82) is 0 Å². The van der Waals surface area contributed by atoms with E-state index in [2.05, 4.69) is 9.97 Å². The van der Waals surface area contributed by atoms with Gasteiger partial charge in [-0.25, -0.2) is 23.1 Å². The molecule has 0 radical (unpaired) electrons. The number of aromatic nitrogens is 3. The van der Waals surface area contributed by atoms with E-state index >= 15 is 4.39 Å². The number of halogens is 9. The molecule has 4 heterocycles. The topological polar surface area (TPSA) is 121 Å². The van der Waals surface area contributed by atoms with Crippen molar-refractivity contribution >= 4 is 22.8 Å². The van der Waals surface area contributed by atoms with E-state index in [1.807, 2.05) is 0 Å². The molecule has 0 aliphatic carbocycles. The molecule has 4 rings (SSSR count). The third kappa shape index (κ3) is 5.92. The van der Waals surface area contributed by atoms with Gasteiger partial charge in [-0.05, 0) is 18.9 Å². The lowest BCUT2D eigenvalue weighted by Gasteiger charge is -2.37. The fraction of sp³-hybridized carbons (Fsp3) is 0.391. The summed E-state index contributed by atoms with van der Waals surface area (Å²) in [4.78, 5) is 34.4. The second-order valence-electron chi connectivity index (χ2n) is 9.23. The maximum atomic E-state index is 15.2. The molecule has 222 valence electrons. The van der Waals surface area contributed by atoms with Crippen LogP contribution in [0.4, 0.5) is 45.3 Å². The Hall–Kier alpha value is -3.93.